The molecule has 6 heteroatoms. The average molecular weight is 493 g/mol. The van der Waals surface area contributed by atoms with Crippen molar-refractivity contribution in [3.8, 4) is 0 Å². The van der Waals surface area contributed by atoms with E-state index in [1.165, 1.54) is 36.3 Å². The maximum atomic E-state index is 14.2. The Balaban J connectivity index is 1.16. The monoisotopic (exact) mass is 492 g/mol. The molecule has 5 fully saturated rings. The van der Waals surface area contributed by atoms with Gasteiger partial charge in [-0.25, -0.2) is 4.39 Å². The standard InChI is InChI=1S/C29H33FN2O2S/c30-22-3-1-21(2-4-22)27-24-8-10-35-25(24)7-9-31(27)26(33)17-32(23-5-6-23)28(34)29-14-18-11-19(15-29)13-20(12-18)16-29/h1-4,8,10,18-20,23,27H,5-7,9,11-17H2. The van der Waals surface area contributed by atoms with Crippen LogP contribution in [-0.4, -0.2) is 40.7 Å². The molecule has 0 radical (unpaired) electrons. The van der Waals surface area contributed by atoms with Crippen LogP contribution in [0.25, 0.3) is 0 Å². The summed E-state index contributed by atoms with van der Waals surface area (Å²) in [5, 5.41) is 2.09. The van der Waals surface area contributed by atoms with E-state index in [0.29, 0.717) is 24.3 Å². The van der Waals surface area contributed by atoms with Gasteiger partial charge in [-0.3, -0.25) is 9.59 Å². The fraction of sp³-hybridized carbons (Fsp3) is 0.586. The van der Waals surface area contributed by atoms with Gasteiger partial charge in [0.05, 0.1) is 11.5 Å². The van der Waals surface area contributed by atoms with Crippen LogP contribution >= 0.6 is 11.3 Å². The van der Waals surface area contributed by atoms with E-state index in [-0.39, 0.29) is 41.7 Å². The Bertz CT molecular complexity index is 1120. The van der Waals surface area contributed by atoms with Crippen LogP contribution in [0.1, 0.15) is 73.4 Å². The van der Waals surface area contributed by atoms with E-state index in [4.69, 9.17) is 0 Å². The van der Waals surface area contributed by atoms with Crippen LogP contribution in [0.4, 0.5) is 4.39 Å². The first-order valence-electron chi connectivity index (χ1n) is 13.4. The zero-order valence-corrected chi connectivity index (χ0v) is 20.9. The molecule has 0 spiro atoms. The number of benzene rings is 1. The summed E-state index contributed by atoms with van der Waals surface area (Å²) < 4.78 is 13.7. The number of carbonyl (C=O) groups is 2. The molecule has 1 aromatic carbocycles. The molecule has 0 N–H and O–H groups in total. The Morgan fingerprint density at radius 1 is 1.00 bits per heavy atom. The highest BCUT2D eigenvalue weighted by molar-refractivity contribution is 7.10. The minimum absolute atomic E-state index is 0.0288. The molecule has 6 aliphatic rings. The first-order chi connectivity index (χ1) is 17.0. The summed E-state index contributed by atoms with van der Waals surface area (Å²) in [7, 11) is 0. The third-order valence-electron chi connectivity index (χ3n) is 9.52. The van der Waals surface area contributed by atoms with Gasteiger partial charge in [0.25, 0.3) is 0 Å². The van der Waals surface area contributed by atoms with Crippen LogP contribution in [0.2, 0.25) is 0 Å². The van der Waals surface area contributed by atoms with Crippen molar-refractivity contribution in [2.24, 2.45) is 23.2 Å². The molecule has 2 heterocycles. The molecule has 4 bridgehead atoms. The molecule has 8 rings (SSSR count). The summed E-state index contributed by atoms with van der Waals surface area (Å²) in [5.41, 5.74) is 1.87. The maximum Gasteiger partial charge on any atom is 0.243 e. The van der Waals surface area contributed by atoms with Crippen LogP contribution in [0.3, 0.4) is 0 Å². The largest absolute Gasteiger partial charge is 0.330 e. The van der Waals surface area contributed by atoms with E-state index in [2.05, 4.69) is 11.4 Å². The fourth-order valence-electron chi connectivity index (χ4n) is 8.26. The van der Waals surface area contributed by atoms with Gasteiger partial charge in [-0.05, 0) is 110 Å². The van der Waals surface area contributed by atoms with Gasteiger partial charge in [-0.2, -0.15) is 0 Å². The van der Waals surface area contributed by atoms with E-state index >= 15 is 0 Å². The number of halogens is 1. The summed E-state index contributed by atoms with van der Waals surface area (Å²) in [6.07, 6.45) is 9.91. The van der Waals surface area contributed by atoms with E-state index in [1.54, 1.807) is 23.5 Å². The van der Waals surface area contributed by atoms with Gasteiger partial charge in [0.2, 0.25) is 11.8 Å². The second kappa shape index (κ2) is 8.16. The van der Waals surface area contributed by atoms with Crippen molar-refractivity contribution in [2.45, 2.75) is 69.9 Å². The van der Waals surface area contributed by atoms with E-state index in [9.17, 15) is 14.0 Å². The van der Waals surface area contributed by atoms with Gasteiger partial charge in [0.1, 0.15) is 12.4 Å². The van der Waals surface area contributed by atoms with E-state index in [0.717, 1.165) is 49.7 Å². The Hall–Kier alpha value is -2.21. The van der Waals surface area contributed by atoms with Gasteiger partial charge in [-0.15, -0.1) is 11.3 Å². The minimum Gasteiger partial charge on any atom is -0.330 e. The molecular formula is C29H33FN2O2S. The van der Waals surface area contributed by atoms with E-state index < -0.39 is 0 Å². The lowest BCUT2D eigenvalue weighted by Gasteiger charge is -2.56. The number of carbonyl (C=O) groups excluding carboxylic acids is 2. The second-order valence-corrected chi connectivity index (χ2v) is 13.0. The summed E-state index contributed by atoms with van der Waals surface area (Å²) in [6.45, 7) is 0.820. The molecule has 184 valence electrons. The fourth-order valence-corrected chi connectivity index (χ4v) is 9.16. The van der Waals surface area contributed by atoms with Crippen molar-refractivity contribution >= 4 is 23.2 Å². The molecule has 35 heavy (non-hydrogen) atoms. The van der Waals surface area contributed by atoms with Gasteiger partial charge in [0.15, 0.2) is 0 Å². The Kier molecular flexibility index (Phi) is 5.13. The molecule has 5 aliphatic carbocycles. The zero-order chi connectivity index (χ0) is 23.7. The highest BCUT2D eigenvalue weighted by atomic mass is 32.1. The Labute approximate surface area is 210 Å². The molecule has 1 atom stereocenters. The predicted octanol–water partition coefficient (Wildman–Crippen LogP) is 5.57. The molecule has 2 amide bonds. The number of hydrogen-bond donors (Lipinski definition) is 0. The average Bonchev–Trinajstić information content (AvgIpc) is 3.57. The Morgan fingerprint density at radius 3 is 2.29 bits per heavy atom. The van der Waals surface area contributed by atoms with Gasteiger partial charge >= 0.3 is 0 Å². The number of nitrogens with zero attached hydrogens (tertiary/aromatic N) is 2. The van der Waals surface area contributed by atoms with Crippen LogP contribution in [-0.2, 0) is 16.0 Å². The Morgan fingerprint density at radius 2 is 1.66 bits per heavy atom. The van der Waals surface area contributed by atoms with Crippen LogP contribution in [0.15, 0.2) is 35.7 Å². The maximum absolute atomic E-state index is 14.2. The number of thiophene rings is 1. The first-order valence-corrected chi connectivity index (χ1v) is 14.3. The van der Waals surface area contributed by atoms with Crippen LogP contribution < -0.4 is 0 Å². The van der Waals surface area contributed by atoms with Crippen molar-refractivity contribution in [3.63, 3.8) is 0 Å². The van der Waals surface area contributed by atoms with Gasteiger partial charge in [-0.1, -0.05) is 12.1 Å². The number of hydrogen-bond acceptors (Lipinski definition) is 3. The first kappa shape index (κ1) is 22.0. The van der Waals surface area contributed by atoms with E-state index in [1.807, 2.05) is 9.80 Å². The van der Waals surface area contributed by atoms with Crippen LogP contribution in [0, 0.1) is 29.0 Å². The van der Waals surface area contributed by atoms with Crippen molar-refractivity contribution in [3.05, 3.63) is 57.5 Å². The van der Waals surface area contributed by atoms with Crippen molar-refractivity contribution in [1.82, 2.24) is 9.80 Å². The summed E-state index contributed by atoms with van der Waals surface area (Å²) in [4.78, 5) is 33.3. The van der Waals surface area contributed by atoms with Crippen molar-refractivity contribution in [1.29, 1.82) is 0 Å². The highest BCUT2D eigenvalue weighted by Crippen LogP contribution is 2.61. The molecule has 2 aromatic rings. The quantitative estimate of drug-likeness (QED) is 0.548. The lowest BCUT2D eigenvalue weighted by molar-refractivity contribution is -0.161. The molecule has 4 nitrogen and oxygen atoms in total. The van der Waals surface area contributed by atoms with Crippen LogP contribution in [0.5, 0.6) is 0 Å². The third-order valence-corrected chi connectivity index (χ3v) is 10.5. The van der Waals surface area contributed by atoms with Crippen molar-refractivity contribution in [2.75, 3.05) is 13.1 Å². The highest BCUT2D eigenvalue weighted by Gasteiger charge is 2.57. The number of rotatable bonds is 5. The van der Waals surface area contributed by atoms with Gasteiger partial charge < -0.3 is 9.80 Å². The summed E-state index contributed by atoms with van der Waals surface area (Å²) >= 11 is 1.73. The summed E-state index contributed by atoms with van der Waals surface area (Å²) in [6, 6.07) is 8.67. The summed E-state index contributed by atoms with van der Waals surface area (Å²) in [5.74, 6) is 2.17. The smallest absolute Gasteiger partial charge is 0.243 e. The normalized spacial score (nSPS) is 33.0. The lowest BCUT2D eigenvalue weighted by Crippen LogP contribution is -2.57. The molecule has 1 unspecified atom stereocenters. The molecule has 1 aliphatic heterocycles. The predicted molar refractivity (Wildman–Crippen MR) is 133 cm³/mol. The molecule has 5 saturated carbocycles. The van der Waals surface area contributed by atoms with Crippen molar-refractivity contribution < 1.29 is 14.0 Å². The second-order valence-electron chi connectivity index (χ2n) is 12.0. The minimum atomic E-state index is -0.269. The molecule has 0 saturated heterocycles. The van der Waals surface area contributed by atoms with Gasteiger partial charge in [0, 0.05) is 17.5 Å². The SMILES string of the molecule is O=C(CN(C(=O)C12CC3CC(CC(C3)C1)C2)C1CC1)N1CCc2sccc2C1c1ccc(F)cc1. The number of fused-ring (bicyclic) bond motifs is 1. The third kappa shape index (κ3) is 3.75. The zero-order valence-electron chi connectivity index (χ0n) is 20.1. The topological polar surface area (TPSA) is 40.6 Å². The lowest BCUT2D eigenvalue weighted by atomic mass is 9.49. The molecule has 1 aromatic heterocycles. The molecular weight excluding hydrogens is 459 g/mol. The number of amides is 2.